The maximum Gasteiger partial charge on any atom is 0.407 e. The summed E-state index contributed by atoms with van der Waals surface area (Å²) in [4.78, 5) is 37.0. The van der Waals surface area contributed by atoms with Crippen LogP contribution in [0.3, 0.4) is 0 Å². The summed E-state index contributed by atoms with van der Waals surface area (Å²) in [5.41, 5.74) is 0.305. The van der Waals surface area contributed by atoms with Crippen LogP contribution in [-0.2, 0) is 30.4 Å². The van der Waals surface area contributed by atoms with Gasteiger partial charge in [-0.05, 0) is 26.3 Å². The van der Waals surface area contributed by atoms with E-state index in [2.05, 4.69) is 10.1 Å². The Morgan fingerprint density at radius 3 is 2.32 bits per heavy atom. The molecule has 0 radical (unpaired) electrons. The molecule has 0 aliphatic carbocycles. The predicted molar refractivity (Wildman–Crippen MR) is 104 cm³/mol. The third-order valence-corrected chi connectivity index (χ3v) is 3.55. The molecular weight excluding hydrogens is 364 g/mol. The van der Waals surface area contributed by atoms with Crippen LogP contribution in [-0.4, -0.2) is 61.8 Å². The number of alkyl carbamates (subject to hydrolysis) is 1. The van der Waals surface area contributed by atoms with Gasteiger partial charge in [0, 0.05) is 19.6 Å². The molecule has 0 atom stereocenters. The number of amides is 1. The monoisotopic (exact) mass is 394 g/mol. The van der Waals surface area contributed by atoms with Crippen molar-refractivity contribution in [3.05, 3.63) is 35.9 Å². The van der Waals surface area contributed by atoms with Crippen molar-refractivity contribution in [2.75, 3.05) is 33.3 Å². The average Bonchev–Trinajstić information content (AvgIpc) is 2.63. The summed E-state index contributed by atoms with van der Waals surface area (Å²) in [6.07, 6.45) is -0.401. The number of esters is 2. The van der Waals surface area contributed by atoms with Gasteiger partial charge in [-0.1, -0.05) is 30.3 Å². The van der Waals surface area contributed by atoms with Crippen LogP contribution in [0.5, 0.6) is 0 Å². The molecule has 1 aromatic rings. The molecule has 0 saturated heterocycles. The van der Waals surface area contributed by atoms with Gasteiger partial charge in [0.05, 0.1) is 20.1 Å². The molecule has 1 amide bonds. The second kappa shape index (κ2) is 12.0. The zero-order chi connectivity index (χ0) is 21.0. The van der Waals surface area contributed by atoms with E-state index in [1.54, 1.807) is 25.7 Å². The zero-order valence-corrected chi connectivity index (χ0v) is 17.0. The lowest BCUT2D eigenvalue weighted by Gasteiger charge is -2.23. The Balaban J connectivity index is 2.47. The van der Waals surface area contributed by atoms with Crippen molar-refractivity contribution in [3.8, 4) is 0 Å². The second-order valence-corrected chi connectivity index (χ2v) is 7.18. The average molecular weight is 394 g/mol. The van der Waals surface area contributed by atoms with Crippen LogP contribution in [0, 0.1) is 0 Å². The van der Waals surface area contributed by atoms with Gasteiger partial charge >= 0.3 is 18.0 Å². The molecule has 28 heavy (non-hydrogen) atoms. The molecule has 0 aromatic heterocycles. The van der Waals surface area contributed by atoms with Crippen LogP contribution in [0.15, 0.2) is 30.3 Å². The van der Waals surface area contributed by atoms with Crippen molar-refractivity contribution < 1.29 is 28.6 Å². The summed E-state index contributed by atoms with van der Waals surface area (Å²) >= 11 is 0. The minimum atomic E-state index is -0.587. The van der Waals surface area contributed by atoms with E-state index in [1.165, 1.54) is 7.11 Å². The number of nitrogens with zero attached hydrogens (tertiary/aromatic N) is 1. The van der Waals surface area contributed by atoms with Gasteiger partial charge in [0.15, 0.2) is 0 Å². The molecule has 0 aliphatic heterocycles. The van der Waals surface area contributed by atoms with E-state index >= 15 is 0 Å². The number of rotatable bonds is 10. The summed E-state index contributed by atoms with van der Waals surface area (Å²) in [6, 6.07) is 9.36. The third-order valence-electron chi connectivity index (χ3n) is 3.55. The lowest BCUT2D eigenvalue weighted by Crippen LogP contribution is -2.40. The molecule has 0 fully saturated rings. The van der Waals surface area contributed by atoms with Gasteiger partial charge in [-0.25, -0.2) is 4.79 Å². The summed E-state index contributed by atoms with van der Waals surface area (Å²) in [5, 5.41) is 2.63. The van der Waals surface area contributed by atoms with Crippen LogP contribution in [0.4, 0.5) is 4.79 Å². The van der Waals surface area contributed by atoms with Crippen LogP contribution < -0.4 is 5.32 Å². The lowest BCUT2D eigenvalue weighted by atomic mass is 10.2. The van der Waals surface area contributed by atoms with Crippen LogP contribution in [0.2, 0.25) is 0 Å². The highest BCUT2D eigenvalue weighted by molar-refractivity contribution is 5.72. The molecule has 1 rings (SSSR count). The molecule has 0 unspecified atom stereocenters. The van der Waals surface area contributed by atoms with E-state index in [0.717, 1.165) is 5.56 Å². The maximum atomic E-state index is 12.1. The fourth-order valence-electron chi connectivity index (χ4n) is 2.22. The van der Waals surface area contributed by atoms with Gasteiger partial charge in [-0.15, -0.1) is 0 Å². The smallest absolute Gasteiger partial charge is 0.407 e. The highest BCUT2D eigenvalue weighted by atomic mass is 16.6. The minimum absolute atomic E-state index is 0.000172. The normalized spacial score (nSPS) is 11.0. The van der Waals surface area contributed by atoms with E-state index in [9.17, 15) is 14.4 Å². The number of ether oxygens (including phenoxy) is 3. The fraction of sp³-hybridized carbons (Fsp3) is 0.550. The quantitative estimate of drug-likeness (QED) is 0.480. The summed E-state index contributed by atoms with van der Waals surface area (Å²) < 4.78 is 15.1. The lowest BCUT2D eigenvalue weighted by molar-refractivity contribution is -0.147. The first-order valence-electron chi connectivity index (χ1n) is 9.15. The van der Waals surface area contributed by atoms with Gasteiger partial charge in [-0.3, -0.25) is 14.5 Å². The third kappa shape index (κ3) is 11.2. The first kappa shape index (κ1) is 23.4. The zero-order valence-electron chi connectivity index (χ0n) is 17.0. The standard InChI is InChI=1S/C20H30N2O6/c1-20(2,3)28-19(25)21-11-13-22(12-10-17(23)26-4)14-18(24)27-15-16-8-6-5-7-9-16/h5-9H,10-15H2,1-4H3,(H,21,25). The number of nitrogens with one attached hydrogen (secondary N) is 1. The molecule has 1 N–H and O–H groups in total. The number of methoxy groups -OCH3 is 1. The van der Waals surface area contributed by atoms with Crippen LogP contribution in [0.25, 0.3) is 0 Å². The predicted octanol–water partition coefficient (Wildman–Crippen LogP) is 2.12. The molecule has 8 nitrogen and oxygen atoms in total. The molecule has 0 spiro atoms. The Kier molecular flexibility index (Phi) is 10.0. The SMILES string of the molecule is COC(=O)CCN(CCNC(=O)OC(C)(C)C)CC(=O)OCc1ccccc1. The van der Waals surface area contributed by atoms with Gasteiger partial charge in [0.25, 0.3) is 0 Å². The Bertz CT molecular complexity index is 627. The number of benzene rings is 1. The van der Waals surface area contributed by atoms with E-state index in [-0.39, 0.29) is 32.1 Å². The van der Waals surface area contributed by atoms with Crippen molar-refractivity contribution in [2.24, 2.45) is 0 Å². The van der Waals surface area contributed by atoms with Crippen LogP contribution >= 0.6 is 0 Å². The van der Waals surface area contributed by atoms with E-state index < -0.39 is 17.7 Å². The Morgan fingerprint density at radius 1 is 1.04 bits per heavy atom. The van der Waals surface area contributed by atoms with Crippen molar-refractivity contribution >= 4 is 18.0 Å². The fourth-order valence-corrected chi connectivity index (χ4v) is 2.22. The summed E-state index contributed by atoms with van der Waals surface area (Å²) in [5.74, 6) is -0.784. The number of carbonyl (C=O) groups is 3. The molecule has 0 bridgehead atoms. The summed E-state index contributed by atoms with van der Waals surface area (Å²) in [6.45, 7) is 6.44. The first-order chi connectivity index (χ1) is 13.2. The molecule has 156 valence electrons. The Morgan fingerprint density at radius 2 is 1.71 bits per heavy atom. The Hall–Kier alpha value is -2.61. The molecular formula is C20H30N2O6. The van der Waals surface area contributed by atoms with Crippen molar-refractivity contribution in [1.29, 1.82) is 0 Å². The van der Waals surface area contributed by atoms with Crippen molar-refractivity contribution in [2.45, 2.75) is 39.4 Å². The number of hydrogen-bond acceptors (Lipinski definition) is 7. The van der Waals surface area contributed by atoms with Gasteiger partial charge < -0.3 is 19.5 Å². The van der Waals surface area contributed by atoms with E-state index in [1.807, 2.05) is 30.3 Å². The van der Waals surface area contributed by atoms with Gasteiger partial charge in [0.1, 0.15) is 12.2 Å². The number of hydrogen-bond donors (Lipinski definition) is 1. The molecule has 1 aromatic carbocycles. The highest BCUT2D eigenvalue weighted by Gasteiger charge is 2.17. The highest BCUT2D eigenvalue weighted by Crippen LogP contribution is 2.06. The second-order valence-electron chi connectivity index (χ2n) is 7.18. The van der Waals surface area contributed by atoms with E-state index in [0.29, 0.717) is 13.1 Å². The molecule has 0 aliphatic rings. The van der Waals surface area contributed by atoms with Crippen molar-refractivity contribution in [3.63, 3.8) is 0 Å². The summed E-state index contributed by atoms with van der Waals surface area (Å²) in [7, 11) is 1.31. The Labute approximate surface area is 166 Å². The minimum Gasteiger partial charge on any atom is -0.469 e. The largest absolute Gasteiger partial charge is 0.469 e. The van der Waals surface area contributed by atoms with E-state index in [4.69, 9.17) is 9.47 Å². The molecule has 8 heteroatoms. The number of carbonyl (C=O) groups excluding carboxylic acids is 3. The van der Waals surface area contributed by atoms with Crippen LogP contribution in [0.1, 0.15) is 32.8 Å². The molecule has 0 heterocycles. The molecule has 0 saturated carbocycles. The van der Waals surface area contributed by atoms with Crippen molar-refractivity contribution in [1.82, 2.24) is 10.2 Å². The van der Waals surface area contributed by atoms with Gasteiger partial charge in [0.2, 0.25) is 0 Å². The maximum absolute atomic E-state index is 12.1. The van der Waals surface area contributed by atoms with Gasteiger partial charge in [-0.2, -0.15) is 0 Å². The first-order valence-corrected chi connectivity index (χ1v) is 9.15. The topological polar surface area (TPSA) is 94.2 Å².